The van der Waals surface area contributed by atoms with Crippen LogP contribution in [0.15, 0.2) is 11.0 Å². The van der Waals surface area contributed by atoms with Crippen molar-refractivity contribution in [2.24, 2.45) is 5.14 Å². The van der Waals surface area contributed by atoms with E-state index in [0.29, 0.717) is 0 Å². The Balaban J connectivity index is 3.56. The van der Waals surface area contributed by atoms with Gasteiger partial charge in [0.15, 0.2) is 0 Å². The van der Waals surface area contributed by atoms with Crippen LogP contribution in [0.1, 0.15) is 17.8 Å². The van der Waals surface area contributed by atoms with Gasteiger partial charge < -0.3 is 5.73 Å². The van der Waals surface area contributed by atoms with Crippen LogP contribution >= 0.6 is 0 Å². The molecule has 0 saturated heterocycles. The van der Waals surface area contributed by atoms with Crippen molar-refractivity contribution in [1.29, 1.82) is 0 Å². The second-order valence-electron chi connectivity index (χ2n) is 2.91. The number of halogens is 2. The van der Waals surface area contributed by atoms with Gasteiger partial charge >= 0.3 is 0 Å². The number of pyridine rings is 1. The zero-order valence-electron chi connectivity index (χ0n) is 7.74. The largest absolute Gasteiger partial charge is 0.396 e. The van der Waals surface area contributed by atoms with E-state index < -0.39 is 32.7 Å². The molecule has 0 amide bonds. The summed E-state index contributed by atoms with van der Waals surface area (Å²) in [4.78, 5) is 2.93. The molecule has 15 heavy (non-hydrogen) atoms. The minimum atomic E-state index is -4.11. The van der Waals surface area contributed by atoms with E-state index in [-0.39, 0.29) is 5.69 Å². The van der Waals surface area contributed by atoms with Crippen molar-refractivity contribution in [3.63, 3.8) is 0 Å². The van der Waals surface area contributed by atoms with E-state index >= 15 is 0 Å². The van der Waals surface area contributed by atoms with E-state index in [1.165, 1.54) is 6.92 Å². The summed E-state index contributed by atoms with van der Waals surface area (Å²) in [7, 11) is -4.11. The van der Waals surface area contributed by atoms with Crippen molar-refractivity contribution in [1.82, 2.24) is 4.98 Å². The molecule has 1 rings (SSSR count). The lowest BCUT2D eigenvalue weighted by Gasteiger charge is -2.09. The lowest BCUT2D eigenvalue weighted by atomic mass is 10.2. The van der Waals surface area contributed by atoms with E-state index in [9.17, 15) is 17.2 Å². The SMILES string of the molecule is Cc1cc(S(N)(=O)=O)c(N)c(C(F)F)n1. The average molecular weight is 237 g/mol. The fourth-order valence-electron chi connectivity index (χ4n) is 1.08. The monoisotopic (exact) mass is 237 g/mol. The second kappa shape index (κ2) is 3.70. The molecule has 0 aliphatic heterocycles. The highest BCUT2D eigenvalue weighted by Gasteiger charge is 2.22. The van der Waals surface area contributed by atoms with Crippen LogP contribution in [0.4, 0.5) is 14.5 Å². The molecular weight excluding hydrogens is 228 g/mol. The zero-order valence-corrected chi connectivity index (χ0v) is 8.55. The van der Waals surface area contributed by atoms with Crippen LogP contribution in [0, 0.1) is 6.92 Å². The first-order chi connectivity index (χ1) is 6.73. The van der Waals surface area contributed by atoms with Crippen molar-refractivity contribution in [2.75, 3.05) is 5.73 Å². The van der Waals surface area contributed by atoms with E-state index in [1.807, 2.05) is 0 Å². The summed E-state index contributed by atoms with van der Waals surface area (Å²) < 4.78 is 46.8. The number of hydrogen-bond donors (Lipinski definition) is 2. The van der Waals surface area contributed by atoms with E-state index in [1.54, 1.807) is 0 Å². The van der Waals surface area contributed by atoms with Gasteiger partial charge in [0, 0.05) is 5.69 Å². The van der Waals surface area contributed by atoms with Gasteiger partial charge in [0.25, 0.3) is 6.43 Å². The molecule has 1 aromatic rings. The van der Waals surface area contributed by atoms with E-state index in [0.717, 1.165) is 6.07 Å². The Kier molecular flexibility index (Phi) is 2.91. The summed E-state index contributed by atoms with van der Waals surface area (Å²) in [5.41, 5.74) is 3.99. The summed E-state index contributed by atoms with van der Waals surface area (Å²) in [5.74, 6) is 0. The van der Waals surface area contributed by atoms with Crippen LogP contribution in [0.3, 0.4) is 0 Å². The predicted molar refractivity (Wildman–Crippen MR) is 49.7 cm³/mol. The van der Waals surface area contributed by atoms with Crippen molar-refractivity contribution < 1.29 is 17.2 Å². The molecule has 0 aliphatic carbocycles. The highest BCUT2D eigenvalue weighted by atomic mass is 32.2. The van der Waals surface area contributed by atoms with Crippen LogP contribution in [-0.2, 0) is 10.0 Å². The molecule has 1 aromatic heterocycles. The first-order valence-corrected chi connectivity index (χ1v) is 5.36. The summed E-state index contributed by atoms with van der Waals surface area (Å²) in [6.07, 6.45) is -2.94. The maximum absolute atomic E-state index is 12.4. The predicted octanol–water partition coefficient (Wildman–Crippen LogP) is 0.557. The van der Waals surface area contributed by atoms with Gasteiger partial charge in [-0.05, 0) is 13.0 Å². The number of rotatable bonds is 2. The lowest BCUT2D eigenvalue weighted by molar-refractivity contribution is 0.146. The Morgan fingerprint density at radius 2 is 2.00 bits per heavy atom. The fraction of sp³-hybridized carbons (Fsp3) is 0.286. The van der Waals surface area contributed by atoms with Gasteiger partial charge in [0.2, 0.25) is 10.0 Å². The van der Waals surface area contributed by atoms with Gasteiger partial charge in [-0.25, -0.2) is 27.3 Å². The molecule has 0 saturated carbocycles. The number of primary sulfonamides is 1. The molecule has 0 unspecified atom stereocenters. The maximum Gasteiger partial charge on any atom is 0.282 e. The molecule has 8 heteroatoms. The van der Waals surface area contributed by atoms with Crippen LogP contribution in [0.5, 0.6) is 0 Å². The third kappa shape index (κ3) is 2.39. The maximum atomic E-state index is 12.4. The summed E-state index contributed by atoms with van der Waals surface area (Å²) in [6.45, 7) is 1.38. The van der Waals surface area contributed by atoms with Gasteiger partial charge in [-0.1, -0.05) is 0 Å². The first-order valence-electron chi connectivity index (χ1n) is 3.81. The minimum Gasteiger partial charge on any atom is -0.396 e. The minimum absolute atomic E-state index is 0.114. The molecule has 1 heterocycles. The molecule has 0 atom stereocenters. The molecule has 0 spiro atoms. The Hall–Kier alpha value is -1.28. The molecule has 0 bridgehead atoms. The van der Waals surface area contributed by atoms with Crippen molar-refractivity contribution in [2.45, 2.75) is 18.2 Å². The fourth-order valence-corrected chi connectivity index (χ4v) is 1.82. The second-order valence-corrected chi connectivity index (χ2v) is 4.44. The number of aryl methyl sites for hydroxylation is 1. The number of aromatic nitrogens is 1. The van der Waals surface area contributed by atoms with Gasteiger partial charge in [0.1, 0.15) is 10.6 Å². The van der Waals surface area contributed by atoms with Crippen LogP contribution in [-0.4, -0.2) is 13.4 Å². The molecule has 0 aromatic carbocycles. The van der Waals surface area contributed by atoms with Gasteiger partial charge in [0.05, 0.1) is 5.69 Å². The van der Waals surface area contributed by atoms with Crippen molar-refractivity contribution in [3.05, 3.63) is 17.5 Å². The van der Waals surface area contributed by atoms with Crippen molar-refractivity contribution >= 4 is 15.7 Å². The van der Waals surface area contributed by atoms with Gasteiger partial charge in [-0.3, -0.25) is 0 Å². The summed E-state index contributed by atoms with van der Waals surface area (Å²) in [5, 5.41) is 4.82. The molecule has 0 fully saturated rings. The summed E-state index contributed by atoms with van der Waals surface area (Å²) >= 11 is 0. The smallest absolute Gasteiger partial charge is 0.282 e. The Morgan fingerprint density at radius 3 is 2.40 bits per heavy atom. The summed E-state index contributed by atoms with van der Waals surface area (Å²) in [6, 6.07) is 1.05. The third-order valence-corrected chi connectivity index (χ3v) is 2.64. The molecule has 0 radical (unpaired) electrons. The molecule has 84 valence electrons. The Morgan fingerprint density at radius 1 is 1.47 bits per heavy atom. The molecule has 5 nitrogen and oxygen atoms in total. The lowest BCUT2D eigenvalue weighted by Crippen LogP contribution is -2.16. The highest BCUT2D eigenvalue weighted by molar-refractivity contribution is 7.89. The number of hydrogen-bond acceptors (Lipinski definition) is 4. The number of nitrogens with two attached hydrogens (primary N) is 2. The number of nitrogens with zero attached hydrogens (tertiary/aromatic N) is 1. The molecule has 4 N–H and O–H groups in total. The van der Waals surface area contributed by atoms with Crippen LogP contribution < -0.4 is 10.9 Å². The normalized spacial score (nSPS) is 12.1. The third-order valence-electron chi connectivity index (χ3n) is 1.69. The van der Waals surface area contributed by atoms with E-state index in [2.05, 4.69) is 4.98 Å². The molecular formula is C7H9F2N3O2S. The Labute approximate surface area is 85.2 Å². The molecule has 0 aliphatic rings. The number of anilines is 1. The quantitative estimate of drug-likeness (QED) is 0.784. The topological polar surface area (TPSA) is 99.1 Å². The van der Waals surface area contributed by atoms with Crippen LogP contribution in [0.25, 0.3) is 0 Å². The highest BCUT2D eigenvalue weighted by Crippen LogP contribution is 2.28. The van der Waals surface area contributed by atoms with Gasteiger partial charge in [-0.2, -0.15) is 0 Å². The average Bonchev–Trinajstić information content (AvgIpc) is 2.06. The number of sulfonamides is 1. The van der Waals surface area contributed by atoms with Crippen LogP contribution in [0.2, 0.25) is 0 Å². The number of alkyl halides is 2. The zero-order chi connectivity index (χ0) is 11.8. The number of nitrogen functional groups attached to an aromatic ring is 1. The first kappa shape index (κ1) is 11.8. The standard InChI is InChI=1S/C7H9F2N3O2S/c1-3-2-4(15(11,13)14)5(10)6(12-3)7(8)9/h2,7H,10H2,1H3,(H2,11,13,14). The van der Waals surface area contributed by atoms with Gasteiger partial charge in [-0.15, -0.1) is 0 Å². The Bertz CT molecular complexity index is 487. The van der Waals surface area contributed by atoms with Crippen molar-refractivity contribution in [3.8, 4) is 0 Å². The van der Waals surface area contributed by atoms with E-state index in [4.69, 9.17) is 10.9 Å².